The van der Waals surface area contributed by atoms with Gasteiger partial charge in [0.1, 0.15) is 0 Å². The largest absolute Gasteiger partial charge is 0.261 e. The van der Waals surface area contributed by atoms with Gasteiger partial charge in [0.15, 0.2) is 0 Å². The minimum absolute atomic E-state index is 0.300. The predicted octanol–water partition coefficient (Wildman–Crippen LogP) is 1.77. The Hall–Kier alpha value is -1.18. The molecule has 0 spiro atoms. The van der Waals surface area contributed by atoms with E-state index in [9.17, 15) is 0 Å². The van der Waals surface area contributed by atoms with E-state index in [1.807, 2.05) is 13.0 Å². The Morgan fingerprint density at radius 2 is 2.40 bits per heavy atom. The molecule has 0 saturated carbocycles. The molecule has 1 heterocycles. The highest BCUT2D eigenvalue weighted by Gasteiger charge is 1.99. The smallest absolute Gasteiger partial charge is 0.0652 e. The van der Waals surface area contributed by atoms with Crippen LogP contribution in [0.15, 0.2) is 31.2 Å². The summed E-state index contributed by atoms with van der Waals surface area (Å²) in [5.41, 5.74) is 0.970. The molecule has 0 amide bonds. The lowest BCUT2D eigenvalue weighted by molar-refractivity contribution is 0.891. The minimum atomic E-state index is 0.300. The van der Waals surface area contributed by atoms with Crippen molar-refractivity contribution in [1.29, 1.82) is 0 Å². The topological polar surface area (TPSA) is 25.8 Å². The summed E-state index contributed by atoms with van der Waals surface area (Å²) in [6.45, 7) is 5.71. The standard InChI is InChI=1S/C8H10N2/c1-3-7(2)8-6-9-4-5-10-8/h3-7H,1H2,2H3. The number of rotatable bonds is 2. The van der Waals surface area contributed by atoms with Crippen molar-refractivity contribution in [3.63, 3.8) is 0 Å². The fourth-order valence-electron chi connectivity index (χ4n) is 0.667. The lowest BCUT2D eigenvalue weighted by atomic mass is 10.1. The quantitative estimate of drug-likeness (QED) is 0.576. The second-order valence-electron chi connectivity index (χ2n) is 2.15. The summed E-state index contributed by atoms with van der Waals surface area (Å²) in [6, 6.07) is 0. The van der Waals surface area contributed by atoms with Gasteiger partial charge >= 0.3 is 0 Å². The predicted molar refractivity (Wildman–Crippen MR) is 40.6 cm³/mol. The molecule has 0 radical (unpaired) electrons. The van der Waals surface area contributed by atoms with Gasteiger partial charge in [0.2, 0.25) is 0 Å². The monoisotopic (exact) mass is 134 g/mol. The van der Waals surface area contributed by atoms with E-state index in [-0.39, 0.29) is 0 Å². The van der Waals surface area contributed by atoms with Crippen molar-refractivity contribution in [2.24, 2.45) is 0 Å². The maximum atomic E-state index is 4.12. The zero-order valence-corrected chi connectivity index (χ0v) is 5.99. The van der Waals surface area contributed by atoms with Crippen LogP contribution < -0.4 is 0 Å². The summed E-state index contributed by atoms with van der Waals surface area (Å²) in [4.78, 5) is 8.06. The van der Waals surface area contributed by atoms with Crippen LogP contribution in [0, 0.1) is 0 Å². The van der Waals surface area contributed by atoms with E-state index in [2.05, 4.69) is 16.5 Å². The Morgan fingerprint density at radius 1 is 1.60 bits per heavy atom. The van der Waals surface area contributed by atoms with Crippen molar-refractivity contribution in [1.82, 2.24) is 9.97 Å². The average molecular weight is 134 g/mol. The Labute approximate surface area is 60.6 Å². The molecule has 10 heavy (non-hydrogen) atoms. The van der Waals surface area contributed by atoms with Crippen molar-refractivity contribution in [2.75, 3.05) is 0 Å². The van der Waals surface area contributed by atoms with Gasteiger partial charge < -0.3 is 0 Å². The van der Waals surface area contributed by atoms with E-state index in [0.717, 1.165) is 5.69 Å². The molecular formula is C8H10N2. The highest BCUT2D eigenvalue weighted by atomic mass is 14.8. The third kappa shape index (κ3) is 1.41. The molecule has 1 aromatic rings. The summed E-state index contributed by atoms with van der Waals surface area (Å²) in [7, 11) is 0. The molecule has 1 aromatic heterocycles. The summed E-state index contributed by atoms with van der Waals surface area (Å²) in [6.07, 6.45) is 6.96. The third-order valence-electron chi connectivity index (χ3n) is 1.40. The van der Waals surface area contributed by atoms with Gasteiger partial charge in [0.05, 0.1) is 5.69 Å². The number of aromatic nitrogens is 2. The molecular weight excluding hydrogens is 124 g/mol. The van der Waals surface area contributed by atoms with Crippen LogP contribution >= 0.6 is 0 Å². The van der Waals surface area contributed by atoms with Crippen LogP contribution in [0.4, 0.5) is 0 Å². The van der Waals surface area contributed by atoms with Gasteiger partial charge in [0.25, 0.3) is 0 Å². The molecule has 1 atom stereocenters. The first-order valence-corrected chi connectivity index (χ1v) is 3.23. The summed E-state index contributed by atoms with van der Waals surface area (Å²) >= 11 is 0. The Balaban J connectivity index is 2.84. The van der Waals surface area contributed by atoms with Crippen LogP contribution in [0.3, 0.4) is 0 Å². The Bertz CT molecular complexity index is 206. The fraction of sp³-hybridized carbons (Fsp3) is 0.250. The molecule has 0 aliphatic rings. The number of nitrogens with zero attached hydrogens (tertiary/aromatic N) is 2. The zero-order valence-electron chi connectivity index (χ0n) is 5.99. The van der Waals surface area contributed by atoms with Crippen LogP contribution in [0.2, 0.25) is 0 Å². The Morgan fingerprint density at radius 3 is 2.90 bits per heavy atom. The maximum absolute atomic E-state index is 4.12. The molecule has 2 heteroatoms. The molecule has 0 aliphatic carbocycles. The van der Waals surface area contributed by atoms with Gasteiger partial charge in [-0.2, -0.15) is 0 Å². The van der Waals surface area contributed by atoms with E-state index in [1.54, 1.807) is 18.6 Å². The van der Waals surface area contributed by atoms with Crippen molar-refractivity contribution in [3.05, 3.63) is 36.9 Å². The van der Waals surface area contributed by atoms with Crippen LogP contribution in [0.1, 0.15) is 18.5 Å². The summed E-state index contributed by atoms with van der Waals surface area (Å²) < 4.78 is 0. The number of allylic oxidation sites excluding steroid dienone is 1. The second-order valence-corrected chi connectivity index (χ2v) is 2.15. The third-order valence-corrected chi connectivity index (χ3v) is 1.40. The lowest BCUT2D eigenvalue weighted by Crippen LogP contribution is -1.92. The van der Waals surface area contributed by atoms with Crippen molar-refractivity contribution >= 4 is 0 Å². The molecule has 1 unspecified atom stereocenters. The zero-order chi connectivity index (χ0) is 7.40. The van der Waals surface area contributed by atoms with Crippen LogP contribution in [-0.4, -0.2) is 9.97 Å². The first-order valence-electron chi connectivity index (χ1n) is 3.23. The van der Waals surface area contributed by atoms with Crippen LogP contribution in [0.5, 0.6) is 0 Å². The lowest BCUT2D eigenvalue weighted by Gasteiger charge is -2.01. The highest BCUT2D eigenvalue weighted by Crippen LogP contribution is 2.09. The first kappa shape index (κ1) is 6.93. The molecule has 52 valence electrons. The normalized spacial score (nSPS) is 12.5. The van der Waals surface area contributed by atoms with Gasteiger partial charge in [-0.05, 0) is 0 Å². The van der Waals surface area contributed by atoms with Gasteiger partial charge in [0, 0.05) is 24.5 Å². The van der Waals surface area contributed by atoms with Gasteiger partial charge in [-0.15, -0.1) is 6.58 Å². The second kappa shape index (κ2) is 3.11. The van der Waals surface area contributed by atoms with E-state index in [1.165, 1.54) is 0 Å². The van der Waals surface area contributed by atoms with Gasteiger partial charge in [-0.1, -0.05) is 13.0 Å². The van der Waals surface area contributed by atoms with E-state index in [4.69, 9.17) is 0 Å². The van der Waals surface area contributed by atoms with Crippen LogP contribution in [0.25, 0.3) is 0 Å². The molecule has 0 aromatic carbocycles. The van der Waals surface area contributed by atoms with E-state index >= 15 is 0 Å². The van der Waals surface area contributed by atoms with Crippen molar-refractivity contribution < 1.29 is 0 Å². The molecule has 2 nitrogen and oxygen atoms in total. The molecule has 0 fully saturated rings. The summed E-state index contributed by atoms with van der Waals surface area (Å²) in [5, 5.41) is 0. The Kier molecular flexibility index (Phi) is 2.15. The average Bonchev–Trinajstić information content (AvgIpc) is 2.05. The maximum Gasteiger partial charge on any atom is 0.0652 e. The summed E-state index contributed by atoms with van der Waals surface area (Å²) in [5.74, 6) is 0.300. The molecule has 0 bridgehead atoms. The number of hydrogen-bond acceptors (Lipinski definition) is 2. The fourth-order valence-corrected chi connectivity index (χ4v) is 0.667. The van der Waals surface area contributed by atoms with Crippen LogP contribution in [-0.2, 0) is 0 Å². The van der Waals surface area contributed by atoms with Crippen molar-refractivity contribution in [3.8, 4) is 0 Å². The van der Waals surface area contributed by atoms with Gasteiger partial charge in [-0.25, -0.2) is 0 Å². The first-order chi connectivity index (χ1) is 4.84. The number of hydrogen-bond donors (Lipinski definition) is 0. The van der Waals surface area contributed by atoms with E-state index in [0.29, 0.717) is 5.92 Å². The molecule has 0 saturated heterocycles. The molecule has 1 rings (SSSR count). The highest BCUT2D eigenvalue weighted by molar-refractivity contribution is 5.07. The van der Waals surface area contributed by atoms with E-state index < -0.39 is 0 Å². The minimum Gasteiger partial charge on any atom is -0.261 e. The van der Waals surface area contributed by atoms with Crippen molar-refractivity contribution in [2.45, 2.75) is 12.8 Å². The molecule has 0 N–H and O–H groups in total. The van der Waals surface area contributed by atoms with Gasteiger partial charge in [-0.3, -0.25) is 9.97 Å². The SMILES string of the molecule is C=CC(C)c1cnccn1. The molecule has 0 aliphatic heterocycles.